The molecular weight excluding hydrogens is 477 g/mol. The van der Waals surface area contributed by atoms with E-state index in [0.717, 1.165) is 5.56 Å². The van der Waals surface area contributed by atoms with Gasteiger partial charge in [0.1, 0.15) is 10.6 Å². The van der Waals surface area contributed by atoms with Crippen molar-refractivity contribution in [1.82, 2.24) is 4.31 Å². The van der Waals surface area contributed by atoms with E-state index in [9.17, 15) is 18.0 Å². The SMILES string of the molecule is Cc1cc(Cl)ccc1NC(=O)[C@@H]1CCCN(S(=O)(=O)c2cc3c(cc2Cl)NC(=O)CO3)C1. The molecule has 0 bridgehead atoms. The molecule has 2 amide bonds. The van der Waals surface area contributed by atoms with Gasteiger partial charge in [-0.25, -0.2) is 8.42 Å². The Morgan fingerprint density at radius 1 is 1.25 bits per heavy atom. The number of benzene rings is 2. The van der Waals surface area contributed by atoms with Gasteiger partial charge in [0.15, 0.2) is 6.61 Å². The molecule has 0 radical (unpaired) electrons. The minimum absolute atomic E-state index is 0.0297. The van der Waals surface area contributed by atoms with Crippen molar-refractivity contribution in [1.29, 1.82) is 0 Å². The highest BCUT2D eigenvalue weighted by Crippen LogP contribution is 2.37. The van der Waals surface area contributed by atoms with E-state index in [1.807, 2.05) is 6.92 Å². The van der Waals surface area contributed by atoms with Crippen LogP contribution in [0.25, 0.3) is 0 Å². The zero-order chi connectivity index (χ0) is 23.0. The molecule has 0 aliphatic carbocycles. The molecule has 1 fully saturated rings. The topological polar surface area (TPSA) is 105 Å². The molecule has 0 saturated carbocycles. The lowest BCUT2D eigenvalue weighted by atomic mass is 9.98. The molecule has 2 aromatic carbocycles. The molecular formula is C21H21Cl2N3O5S. The van der Waals surface area contributed by atoms with Crippen LogP contribution in [0.15, 0.2) is 35.2 Å². The Morgan fingerprint density at radius 3 is 2.78 bits per heavy atom. The van der Waals surface area contributed by atoms with Crippen LogP contribution < -0.4 is 15.4 Å². The minimum atomic E-state index is -3.98. The summed E-state index contributed by atoms with van der Waals surface area (Å²) in [6.07, 6.45) is 1.10. The summed E-state index contributed by atoms with van der Waals surface area (Å²) in [7, 11) is -3.98. The lowest BCUT2D eigenvalue weighted by Gasteiger charge is -2.32. The first-order valence-corrected chi connectivity index (χ1v) is 12.2. The third-order valence-corrected chi connectivity index (χ3v) is 8.05. The lowest BCUT2D eigenvalue weighted by Crippen LogP contribution is -2.43. The normalized spacial score (nSPS) is 19.0. The standard InChI is InChI=1S/C21H21Cl2N3O5S/c1-12-7-14(22)4-5-16(12)25-21(28)13-3-2-6-26(10-13)32(29,30)19-9-18-17(8-15(19)23)24-20(27)11-31-18/h4-5,7-9,13H,2-3,6,10-11H2,1H3,(H,24,27)(H,25,28)/t13-/m1/s1. The first kappa shape index (κ1) is 22.8. The van der Waals surface area contributed by atoms with E-state index in [-0.39, 0.29) is 47.2 Å². The van der Waals surface area contributed by atoms with Crippen LogP contribution in [0.1, 0.15) is 18.4 Å². The molecule has 2 aliphatic heterocycles. The summed E-state index contributed by atoms with van der Waals surface area (Å²) in [5, 5.41) is 6.00. The highest BCUT2D eigenvalue weighted by atomic mass is 35.5. The highest BCUT2D eigenvalue weighted by Gasteiger charge is 2.35. The van der Waals surface area contributed by atoms with Crippen molar-refractivity contribution in [3.63, 3.8) is 0 Å². The van der Waals surface area contributed by atoms with Crippen LogP contribution in [-0.4, -0.2) is 44.2 Å². The molecule has 2 aliphatic rings. The summed E-state index contributed by atoms with van der Waals surface area (Å²) in [5.74, 6) is -0.875. The van der Waals surface area contributed by atoms with E-state index in [2.05, 4.69) is 10.6 Å². The fourth-order valence-electron chi connectivity index (χ4n) is 3.80. The Balaban J connectivity index is 1.53. The van der Waals surface area contributed by atoms with E-state index < -0.39 is 15.9 Å². The van der Waals surface area contributed by atoms with Crippen LogP contribution >= 0.6 is 23.2 Å². The molecule has 2 aromatic rings. The molecule has 0 spiro atoms. The van der Waals surface area contributed by atoms with Crippen LogP contribution in [-0.2, 0) is 19.6 Å². The second-order valence-corrected chi connectivity index (χ2v) is 10.5. The van der Waals surface area contributed by atoms with Crippen molar-refractivity contribution >= 4 is 56.4 Å². The van der Waals surface area contributed by atoms with Crippen molar-refractivity contribution in [2.24, 2.45) is 5.92 Å². The molecule has 1 atom stereocenters. The number of sulfonamides is 1. The second kappa shape index (κ2) is 8.90. The Bertz CT molecular complexity index is 1200. The van der Waals surface area contributed by atoms with Gasteiger partial charge in [-0.1, -0.05) is 23.2 Å². The summed E-state index contributed by atoms with van der Waals surface area (Å²) in [6.45, 7) is 1.94. The maximum absolute atomic E-state index is 13.3. The number of carbonyl (C=O) groups excluding carboxylic acids is 2. The Kier molecular flexibility index (Phi) is 6.35. The van der Waals surface area contributed by atoms with E-state index in [4.69, 9.17) is 27.9 Å². The molecule has 0 unspecified atom stereocenters. The number of hydrogen-bond donors (Lipinski definition) is 2. The first-order valence-electron chi connectivity index (χ1n) is 9.98. The van der Waals surface area contributed by atoms with Crippen molar-refractivity contribution in [3.8, 4) is 5.75 Å². The number of piperidine rings is 1. The van der Waals surface area contributed by atoms with Gasteiger partial charge >= 0.3 is 0 Å². The van der Waals surface area contributed by atoms with Crippen LogP contribution in [0.5, 0.6) is 5.75 Å². The number of ether oxygens (including phenoxy) is 1. The number of nitrogens with zero attached hydrogens (tertiary/aromatic N) is 1. The largest absolute Gasteiger partial charge is 0.482 e. The number of amides is 2. The van der Waals surface area contributed by atoms with Gasteiger partial charge < -0.3 is 15.4 Å². The number of aryl methyl sites for hydroxylation is 1. The first-order chi connectivity index (χ1) is 15.1. The Hall–Kier alpha value is -2.33. The van der Waals surface area contributed by atoms with Gasteiger partial charge in [-0.15, -0.1) is 0 Å². The molecule has 32 heavy (non-hydrogen) atoms. The Morgan fingerprint density at radius 2 is 2.03 bits per heavy atom. The predicted octanol–water partition coefficient (Wildman–Crippen LogP) is 3.67. The van der Waals surface area contributed by atoms with Crippen molar-refractivity contribution < 1.29 is 22.7 Å². The lowest BCUT2D eigenvalue weighted by molar-refractivity contribution is -0.121. The molecule has 11 heteroatoms. The van der Waals surface area contributed by atoms with Crippen LogP contribution in [0.4, 0.5) is 11.4 Å². The van der Waals surface area contributed by atoms with E-state index in [1.54, 1.807) is 18.2 Å². The van der Waals surface area contributed by atoms with Gasteiger partial charge in [0.25, 0.3) is 5.91 Å². The van der Waals surface area contributed by atoms with Gasteiger partial charge in [0.05, 0.1) is 16.6 Å². The van der Waals surface area contributed by atoms with E-state index >= 15 is 0 Å². The average Bonchev–Trinajstić information content (AvgIpc) is 2.75. The fraction of sp³-hybridized carbons (Fsp3) is 0.333. The van der Waals surface area contributed by atoms with E-state index in [0.29, 0.717) is 29.2 Å². The van der Waals surface area contributed by atoms with Crippen molar-refractivity contribution in [2.45, 2.75) is 24.7 Å². The van der Waals surface area contributed by atoms with Gasteiger partial charge in [0, 0.05) is 29.9 Å². The van der Waals surface area contributed by atoms with Gasteiger partial charge in [-0.05, 0) is 49.6 Å². The molecule has 170 valence electrons. The molecule has 0 aromatic heterocycles. The number of halogens is 2. The maximum Gasteiger partial charge on any atom is 0.262 e. The van der Waals surface area contributed by atoms with Gasteiger partial charge in [0.2, 0.25) is 15.9 Å². The molecule has 8 nitrogen and oxygen atoms in total. The summed E-state index contributed by atoms with van der Waals surface area (Å²) in [4.78, 5) is 24.2. The van der Waals surface area contributed by atoms with Crippen molar-refractivity contribution in [3.05, 3.63) is 45.9 Å². The quantitative estimate of drug-likeness (QED) is 0.670. The number of fused-ring (bicyclic) bond motifs is 1. The average molecular weight is 498 g/mol. The van der Waals surface area contributed by atoms with Gasteiger partial charge in [-0.3, -0.25) is 9.59 Å². The highest BCUT2D eigenvalue weighted by molar-refractivity contribution is 7.89. The third kappa shape index (κ3) is 4.56. The zero-order valence-electron chi connectivity index (χ0n) is 17.2. The molecule has 4 rings (SSSR count). The number of nitrogens with one attached hydrogen (secondary N) is 2. The number of carbonyl (C=O) groups is 2. The monoisotopic (exact) mass is 497 g/mol. The van der Waals surface area contributed by atoms with Crippen molar-refractivity contribution in [2.75, 3.05) is 30.3 Å². The number of rotatable bonds is 4. The number of anilines is 2. The van der Waals surface area contributed by atoms with E-state index in [1.165, 1.54) is 16.4 Å². The summed E-state index contributed by atoms with van der Waals surface area (Å²) in [6, 6.07) is 7.83. The summed E-state index contributed by atoms with van der Waals surface area (Å²) < 4.78 is 33.3. The maximum atomic E-state index is 13.3. The Labute approximate surface area is 195 Å². The zero-order valence-corrected chi connectivity index (χ0v) is 19.5. The van der Waals surface area contributed by atoms with Gasteiger partial charge in [-0.2, -0.15) is 4.31 Å². The molecule has 1 saturated heterocycles. The smallest absolute Gasteiger partial charge is 0.262 e. The van der Waals surface area contributed by atoms with Crippen LogP contribution in [0.3, 0.4) is 0 Å². The summed E-state index contributed by atoms with van der Waals surface area (Å²) in [5.41, 5.74) is 1.77. The van der Waals surface area contributed by atoms with Crippen LogP contribution in [0, 0.1) is 12.8 Å². The predicted molar refractivity (Wildman–Crippen MR) is 122 cm³/mol. The second-order valence-electron chi connectivity index (χ2n) is 7.77. The van der Waals surface area contributed by atoms with Crippen LogP contribution in [0.2, 0.25) is 10.0 Å². The minimum Gasteiger partial charge on any atom is -0.482 e. The molecule has 2 N–H and O–H groups in total. The molecule has 2 heterocycles. The summed E-state index contributed by atoms with van der Waals surface area (Å²) >= 11 is 12.2. The third-order valence-electron chi connectivity index (χ3n) is 5.49. The number of hydrogen-bond acceptors (Lipinski definition) is 5. The fourth-order valence-corrected chi connectivity index (χ4v) is 6.06.